The fourth-order valence-corrected chi connectivity index (χ4v) is 3.09. The van der Waals surface area contributed by atoms with Gasteiger partial charge in [0.25, 0.3) is 0 Å². The predicted molar refractivity (Wildman–Crippen MR) is 83.8 cm³/mol. The van der Waals surface area contributed by atoms with Crippen LogP contribution < -0.4 is 5.32 Å². The molecule has 1 aromatic rings. The Morgan fingerprint density at radius 1 is 1.22 bits per heavy atom. The number of carbonyl (C=O) groups is 1. The molecule has 7 heteroatoms. The summed E-state index contributed by atoms with van der Waals surface area (Å²) >= 11 is 3.19. The van der Waals surface area contributed by atoms with Gasteiger partial charge in [0.05, 0.1) is 6.10 Å². The second-order valence-electron chi connectivity index (χ2n) is 5.74. The summed E-state index contributed by atoms with van der Waals surface area (Å²) < 4.78 is 45.8. The van der Waals surface area contributed by atoms with E-state index < -0.39 is 18.1 Å². The monoisotopic (exact) mass is 393 g/mol. The summed E-state index contributed by atoms with van der Waals surface area (Å²) in [6.07, 6.45) is -1.94. The Hall–Kier alpha value is -1.08. The number of alkyl halides is 3. The molecule has 2 rings (SSSR count). The summed E-state index contributed by atoms with van der Waals surface area (Å²) in [7, 11) is 1.61. The van der Waals surface area contributed by atoms with Crippen LogP contribution in [0.1, 0.15) is 37.3 Å². The maximum Gasteiger partial charge on any atom is 0.412 e. The highest BCUT2D eigenvalue weighted by Crippen LogP contribution is 2.34. The lowest BCUT2D eigenvalue weighted by Crippen LogP contribution is -2.42. The number of rotatable bonds is 4. The van der Waals surface area contributed by atoms with Crippen molar-refractivity contribution in [3.63, 3.8) is 0 Å². The van der Waals surface area contributed by atoms with E-state index in [-0.39, 0.29) is 17.6 Å². The van der Waals surface area contributed by atoms with Gasteiger partial charge in [-0.3, -0.25) is 4.79 Å². The minimum atomic E-state index is -4.53. The number of ether oxygens (including phenoxy) is 1. The zero-order valence-electron chi connectivity index (χ0n) is 12.7. The maximum atomic E-state index is 13.3. The fourth-order valence-electron chi connectivity index (χ4n) is 2.83. The average Bonchev–Trinajstić information content (AvgIpc) is 2.52. The summed E-state index contributed by atoms with van der Waals surface area (Å²) in [5, 5.41) is 2.18. The van der Waals surface area contributed by atoms with E-state index in [1.54, 1.807) is 7.11 Å². The van der Waals surface area contributed by atoms with Gasteiger partial charge in [-0.05, 0) is 43.4 Å². The Bertz CT molecular complexity index is 525. The molecule has 0 bridgehead atoms. The number of nitrogens with one attached hydrogen (secondary N) is 1. The lowest BCUT2D eigenvalue weighted by atomic mass is 9.86. The van der Waals surface area contributed by atoms with Crippen LogP contribution in [0.15, 0.2) is 28.7 Å². The fraction of sp³-hybridized carbons (Fsp3) is 0.562. The first-order chi connectivity index (χ1) is 10.8. The molecule has 0 aliphatic heterocycles. The van der Waals surface area contributed by atoms with Crippen LogP contribution >= 0.6 is 15.9 Å². The molecule has 1 aromatic carbocycles. The molecule has 0 heterocycles. The molecule has 1 aliphatic rings. The second kappa shape index (κ2) is 7.66. The maximum absolute atomic E-state index is 13.3. The first kappa shape index (κ1) is 18.3. The predicted octanol–water partition coefficient (Wildman–Crippen LogP) is 4.37. The Labute approximate surface area is 141 Å². The van der Waals surface area contributed by atoms with E-state index in [1.807, 2.05) is 0 Å². The number of methoxy groups -OCH3 is 1. The lowest BCUT2D eigenvalue weighted by molar-refractivity contribution is -0.165. The average molecular weight is 394 g/mol. The molecule has 23 heavy (non-hydrogen) atoms. The zero-order chi connectivity index (χ0) is 17.0. The minimum Gasteiger partial charge on any atom is -0.381 e. The minimum absolute atomic E-state index is 0.0274. The first-order valence-corrected chi connectivity index (χ1v) is 8.26. The van der Waals surface area contributed by atoms with E-state index in [1.165, 1.54) is 24.3 Å². The van der Waals surface area contributed by atoms with Crippen LogP contribution in [0.5, 0.6) is 0 Å². The third kappa shape index (κ3) is 4.94. The SMILES string of the molecule is COC1CCC(C(=O)N[C@H](c2ccc(Br)cc2)C(F)(F)F)CC1. The van der Waals surface area contributed by atoms with Crippen LogP contribution in [-0.2, 0) is 9.53 Å². The highest BCUT2D eigenvalue weighted by molar-refractivity contribution is 9.10. The van der Waals surface area contributed by atoms with Crippen LogP contribution in [0, 0.1) is 5.92 Å². The van der Waals surface area contributed by atoms with E-state index in [0.29, 0.717) is 30.2 Å². The highest BCUT2D eigenvalue weighted by Gasteiger charge is 2.42. The van der Waals surface area contributed by atoms with Crippen LogP contribution in [0.4, 0.5) is 13.2 Å². The van der Waals surface area contributed by atoms with Gasteiger partial charge >= 0.3 is 6.18 Å². The number of hydrogen-bond acceptors (Lipinski definition) is 2. The zero-order valence-corrected chi connectivity index (χ0v) is 14.3. The van der Waals surface area contributed by atoms with Crippen molar-refractivity contribution in [3.05, 3.63) is 34.3 Å². The molecular formula is C16H19BrF3NO2. The Morgan fingerprint density at radius 3 is 2.26 bits per heavy atom. The van der Waals surface area contributed by atoms with Crippen LogP contribution in [-0.4, -0.2) is 25.3 Å². The third-order valence-corrected chi connectivity index (χ3v) is 4.72. The Balaban J connectivity index is 2.06. The molecule has 3 nitrogen and oxygen atoms in total. The molecule has 0 spiro atoms. The Kier molecular flexibility index (Phi) is 6.08. The van der Waals surface area contributed by atoms with Crippen LogP contribution in [0.3, 0.4) is 0 Å². The number of hydrogen-bond donors (Lipinski definition) is 1. The van der Waals surface area contributed by atoms with Gasteiger partial charge in [-0.1, -0.05) is 28.1 Å². The second-order valence-corrected chi connectivity index (χ2v) is 6.66. The highest BCUT2D eigenvalue weighted by atomic mass is 79.9. The van der Waals surface area contributed by atoms with Gasteiger partial charge in [0.2, 0.25) is 5.91 Å². The van der Waals surface area contributed by atoms with Crippen molar-refractivity contribution in [1.82, 2.24) is 5.32 Å². The standard InChI is InChI=1S/C16H19BrF3NO2/c1-23-13-8-4-11(5-9-13)15(22)21-14(16(18,19)20)10-2-6-12(17)7-3-10/h2-3,6-7,11,13-14H,4-5,8-9H2,1H3,(H,21,22)/t11?,13?,14-/m1/s1. The quantitative estimate of drug-likeness (QED) is 0.824. The van der Waals surface area contributed by atoms with Gasteiger partial charge in [0.1, 0.15) is 0 Å². The van der Waals surface area contributed by atoms with Crippen molar-refractivity contribution >= 4 is 21.8 Å². The number of carbonyl (C=O) groups excluding carboxylic acids is 1. The van der Waals surface area contributed by atoms with Crippen molar-refractivity contribution < 1.29 is 22.7 Å². The molecule has 1 aliphatic carbocycles. The first-order valence-electron chi connectivity index (χ1n) is 7.46. The van der Waals surface area contributed by atoms with Crippen LogP contribution in [0.25, 0.3) is 0 Å². The molecule has 0 unspecified atom stereocenters. The molecule has 1 saturated carbocycles. The van der Waals surface area contributed by atoms with Crippen molar-refractivity contribution in [2.45, 2.75) is 44.0 Å². The summed E-state index contributed by atoms with van der Waals surface area (Å²) in [6, 6.07) is 3.81. The normalized spacial score (nSPS) is 23.3. The molecule has 0 radical (unpaired) electrons. The summed E-state index contributed by atoms with van der Waals surface area (Å²) in [5.41, 5.74) is 0.0274. The van der Waals surface area contributed by atoms with E-state index in [9.17, 15) is 18.0 Å². The van der Waals surface area contributed by atoms with E-state index in [4.69, 9.17) is 4.74 Å². The van der Waals surface area contributed by atoms with Gasteiger partial charge < -0.3 is 10.1 Å². The summed E-state index contributed by atoms with van der Waals surface area (Å²) in [6.45, 7) is 0. The number of benzene rings is 1. The largest absolute Gasteiger partial charge is 0.412 e. The smallest absolute Gasteiger partial charge is 0.381 e. The molecule has 128 valence electrons. The number of amides is 1. The van der Waals surface area contributed by atoms with Crippen molar-refractivity contribution in [2.24, 2.45) is 5.92 Å². The summed E-state index contributed by atoms with van der Waals surface area (Å²) in [4.78, 5) is 12.2. The molecule has 1 amide bonds. The Morgan fingerprint density at radius 2 is 1.78 bits per heavy atom. The van der Waals surface area contributed by atoms with Gasteiger partial charge in [0, 0.05) is 17.5 Å². The third-order valence-electron chi connectivity index (χ3n) is 4.20. The van der Waals surface area contributed by atoms with Crippen molar-refractivity contribution in [1.29, 1.82) is 0 Å². The van der Waals surface area contributed by atoms with E-state index in [0.717, 1.165) is 0 Å². The van der Waals surface area contributed by atoms with Crippen molar-refractivity contribution in [3.8, 4) is 0 Å². The van der Waals surface area contributed by atoms with Gasteiger partial charge in [-0.2, -0.15) is 13.2 Å². The van der Waals surface area contributed by atoms with E-state index >= 15 is 0 Å². The topological polar surface area (TPSA) is 38.3 Å². The molecule has 0 saturated heterocycles. The molecule has 0 aromatic heterocycles. The molecule has 1 atom stereocenters. The van der Waals surface area contributed by atoms with Crippen molar-refractivity contribution in [2.75, 3.05) is 7.11 Å². The summed E-state index contributed by atoms with van der Waals surface area (Å²) in [5.74, 6) is -0.925. The lowest BCUT2D eigenvalue weighted by Gasteiger charge is -2.29. The molecule has 1 fully saturated rings. The van der Waals surface area contributed by atoms with Crippen LogP contribution in [0.2, 0.25) is 0 Å². The van der Waals surface area contributed by atoms with Gasteiger partial charge in [0.15, 0.2) is 6.04 Å². The van der Waals surface area contributed by atoms with Gasteiger partial charge in [-0.25, -0.2) is 0 Å². The van der Waals surface area contributed by atoms with E-state index in [2.05, 4.69) is 21.2 Å². The number of halogens is 4. The molecule has 1 N–H and O–H groups in total. The molecular weight excluding hydrogens is 375 g/mol. The van der Waals surface area contributed by atoms with Gasteiger partial charge in [-0.15, -0.1) is 0 Å².